The molecule has 1 aliphatic rings. The number of fused-ring (bicyclic) bond motifs is 1. The molecule has 0 aliphatic carbocycles. The lowest BCUT2D eigenvalue weighted by Gasteiger charge is -2.07. The number of carbonyl (C=O) groups is 2. The molecule has 1 aromatic heterocycles. The molecular formula is C21H20N4O6S2. The van der Waals surface area contributed by atoms with Gasteiger partial charge in [-0.2, -0.15) is 0 Å². The number of hydrogen-bond donors (Lipinski definition) is 2. The Morgan fingerprint density at radius 3 is 2.58 bits per heavy atom. The van der Waals surface area contributed by atoms with E-state index in [1.54, 1.807) is 18.2 Å². The number of anilines is 1. The van der Waals surface area contributed by atoms with Crippen molar-refractivity contribution in [1.82, 2.24) is 15.5 Å². The van der Waals surface area contributed by atoms with Crippen LogP contribution in [-0.4, -0.2) is 48.8 Å². The number of carbonyl (C=O) groups excluding carboxylic acids is 2. The first-order valence-electron chi connectivity index (χ1n) is 9.70. The number of amides is 2. The van der Waals surface area contributed by atoms with Gasteiger partial charge in [0.2, 0.25) is 17.8 Å². The van der Waals surface area contributed by atoms with Crippen molar-refractivity contribution >= 4 is 40.0 Å². The number of nitrogens with one attached hydrogen (secondary N) is 2. The van der Waals surface area contributed by atoms with Gasteiger partial charge in [-0.05, 0) is 29.8 Å². The van der Waals surface area contributed by atoms with Crippen molar-refractivity contribution in [3.8, 4) is 23.0 Å². The van der Waals surface area contributed by atoms with E-state index in [4.69, 9.17) is 18.9 Å². The number of thioether (sulfide) groups is 1. The highest BCUT2D eigenvalue weighted by Crippen LogP contribution is 2.32. The van der Waals surface area contributed by atoms with Crippen molar-refractivity contribution in [2.45, 2.75) is 10.9 Å². The fourth-order valence-corrected chi connectivity index (χ4v) is 4.43. The van der Waals surface area contributed by atoms with E-state index in [9.17, 15) is 9.59 Å². The molecule has 1 aliphatic heterocycles. The second-order valence-electron chi connectivity index (χ2n) is 6.68. The lowest BCUT2D eigenvalue weighted by atomic mass is 10.2. The van der Waals surface area contributed by atoms with Gasteiger partial charge in [-0.15, -0.1) is 10.2 Å². The van der Waals surface area contributed by atoms with Gasteiger partial charge in [-0.1, -0.05) is 29.2 Å². The van der Waals surface area contributed by atoms with E-state index in [2.05, 4.69) is 20.8 Å². The summed E-state index contributed by atoms with van der Waals surface area (Å²) in [5.74, 6) is 2.01. The molecule has 0 atom stereocenters. The fraction of sp³-hybridized carbons (Fsp3) is 0.238. The Balaban J connectivity index is 1.26. The molecule has 172 valence electrons. The van der Waals surface area contributed by atoms with Crippen molar-refractivity contribution < 1.29 is 28.5 Å². The standard InChI is InChI=1S/C21H20N4O6S2/c1-28-14-6-13(7-15(8-14)29-2)19(27)23-20-24-25-21(33-20)32-10-18(26)22-9-12-3-4-16-17(5-12)31-11-30-16/h3-8H,9-11H2,1-2H3,(H,22,26)(H,23,24,27). The Morgan fingerprint density at radius 1 is 1.06 bits per heavy atom. The first-order chi connectivity index (χ1) is 16.0. The normalized spacial score (nSPS) is 11.7. The number of methoxy groups -OCH3 is 2. The fourth-order valence-electron chi connectivity index (χ4n) is 2.86. The van der Waals surface area contributed by atoms with Gasteiger partial charge in [0.25, 0.3) is 5.91 Å². The highest BCUT2D eigenvalue weighted by Gasteiger charge is 2.15. The van der Waals surface area contributed by atoms with Gasteiger partial charge in [-0.3, -0.25) is 14.9 Å². The van der Waals surface area contributed by atoms with E-state index < -0.39 is 0 Å². The van der Waals surface area contributed by atoms with Crippen molar-refractivity contribution in [2.24, 2.45) is 0 Å². The average Bonchev–Trinajstić information content (AvgIpc) is 3.49. The van der Waals surface area contributed by atoms with E-state index in [-0.39, 0.29) is 24.4 Å². The quantitative estimate of drug-likeness (QED) is 0.346. The van der Waals surface area contributed by atoms with Crippen LogP contribution in [0.3, 0.4) is 0 Å². The summed E-state index contributed by atoms with van der Waals surface area (Å²) < 4.78 is 21.5. The number of ether oxygens (including phenoxy) is 4. The van der Waals surface area contributed by atoms with E-state index in [0.717, 1.165) is 5.56 Å². The van der Waals surface area contributed by atoms with Crippen LogP contribution >= 0.6 is 23.1 Å². The Labute approximate surface area is 197 Å². The predicted molar refractivity (Wildman–Crippen MR) is 123 cm³/mol. The lowest BCUT2D eigenvalue weighted by molar-refractivity contribution is -0.118. The van der Waals surface area contributed by atoms with Crippen molar-refractivity contribution in [2.75, 3.05) is 32.1 Å². The van der Waals surface area contributed by atoms with Gasteiger partial charge < -0.3 is 24.3 Å². The molecule has 0 bridgehead atoms. The van der Waals surface area contributed by atoms with Crippen molar-refractivity contribution in [3.63, 3.8) is 0 Å². The summed E-state index contributed by atoms with van der Waals surface area (Å²) >= 11 is 2.42. The maximum Gasteiger partial charge on any atom is 0.257 e. The van der Waals surface area contributed by atoms with E-state index in [0.29, 0.717) is 44.6 Å². The molecule has 0 radical (unpaired) electrons. The molecule has 3 aromatic rings. The molecule has 10 nitrogen and oxygen atoms in total. The Morgan fingerprint density at radius 2 is 1.82 bits per heavy atom. The highest BCUT2D eigenvalue weighted by atomic mass is 32.2. The number of nitrogens with zero attached hydrogens (tertiary/aromatic N) is 2. The van der Waals surface area contributed by atoms with Gasteiger partial charge in [0.1, 0.15) is 11.5 Å². The minimum Gasteiger partial charge on any atom is -0.497 e. The van der Waals surface area contributed by atoms with Crippen LogP contribution in [-0.2, 0) is 11.3 Å². The monoisotopic (exact) mass is 488 g/mol. The Hall–Kier alpha value is -3.51. The molecule has 0 saturated carbocycles. The molecule has 0 unspecified atom stereocenters. The molecule has 0 fully saturated rings. The van der Waals surface area contributed by atoms with Crippen molar-refractivity contribution in [3.05, 3.63) is 47.5 Å². The first kappa shape index (κ1) is 22.7. The molecular weight excluding hydrogens is 468 g/mol. The average molecular weight is 489 g/mol. The first-order valence-corrected chi connectivity index (χ1v) is 11.5. The third kappa shape index (κ3) is 5.84. The van der Waals surface area contributed by atoms with E-state index >= 15 is 0 Å². The molecule has 2 aromatic carbocycles. The van der Waals surface area contributed by atoms with Gasteiger partial charge in [0, 0.05) is 18.2 Å². The van der Waals surface area contributed by atoms with E-state index in [1.807, 2.05) is 18.2 Å². The van der Waals surface area contributed by atoms with Crippen LogP contribution in [0.2, 0.25) is 0 Å². The maximum absolute atomic E-state index is 12.5. The summed E-state index contributed by atoms with van der Waals surface area (Å²) in [6, 6.07) is 10.4. The smallest absolute Gasteiger partial charge is 0.257 e. The lowest BCUT2D eigenvalue weighted by Crippen LogP contribution is -2.24. The highest BCUT2D eigenvalue weighted by molar-refractivity contribution is 8.01. The molecule has 2 heterocycles. The molecule has 33 heavy (non-hydrogen) atoms. The van der Waals surface area contributed by atoms with Gasteiger partial charge in [-0.25, -0.2) is 0 Å². The van der Waals surface area contributed by atoms with Gasteiger partial charge in [0.15, 0.2) is 15.8 Å². The molecule has 0 spiro atoms. The van der Waals surface area contributed by atoms with Crippen LogP contribution in [0.15, 0.2) is 40.7 Å². The summed E-state index contributed by atoms with van der Waals surface area (Å²) in [5.41, 5.74) is 1.27. The summed E-state index contributed by atoms with van der Waals surface area (Å²) in [6.45, 7) is 0.581. The van der Waals surface area contributed by atoms with Crippen LogP contribution in [0.4, 0.5) is 5.13 Å². The largest absolute Gasteiger partial charge is 0.497 e. The van der Waals surface area contributed by atoms with Crippen LogP contribution in [0, 0.1) is 0 Å². The summed E-state index contributed by atoms with van der Waals surface area (Å²) in [5, 5.41) is 13.9. The predicted octanol–water partition coefficient (Wildman–Crippen LogP) is 2.94. The van der Waals surface area contributed by atoms with Crippen LogP contribution < -0.4 is 29.6 Å². The third-order valence-corrected chi connectivity index (χ3v) is 6.47. The maximum atomic E-state index is 12.5. The van der Waals surface area contributed by atoms with Crippen molar-refractivity contribution in [1.29, 1.82) is 0 Å². The zero-order valence-electron chi connectivity index (χ0n) is 17.7. The van der Waals surface area contributed by atoms with Gasteiger partial charge in [0.05, 0.1) is 20.0 Å². The number of benzene rings is 2. The van der Waals surface area contributed by atoms with Crippen LogP contribution in [0.5, 0.6) is 23.0 Å². The summed E-state index contributed by atoms with van der Waals surface area (Å²) in [6.07, 6.45) is 0. The van der Waals surface area contributed by atoms with Crippen LogP contribution in [0.25, 0.3) is 0 Å². The second kappa shape index (κ2) is 10.4. The Bertz CT molecular complexity index is 1150. The molecule has 2 N–H and O–H groups in total. The third-order valence-electron chi connectivity index (χ3n) is 4.49. The molecule has 0 saturated heterocycles. The number of aromatic nitrogens is 2. The molecule has 2 amide bonds. The van der Waals surface area contributed by atoms with Gasteiger partial charge >= 0.3 is 0 Å². The molecule has 4 rings (SSSR count). The van der Waals surface area contributed by atoms with E-state index in [1.165, 1.54) is 37.3 Å². The zero-order chi connectivity index (χ0) is 23.2. The molecule has 12 heteroatoms. The minimum atomic E-state index is -0.374. The Kier molecular flexibility index (Phi) is 7.15. The minimum absolute atomic E-state index is 0.151. The van der Waals surface area contributed by atoms with Crippen LogP contribution in [0.1, 0.15) is 15.9 Å². The topological polar surface area (TPSA) is 121 Å². The zero-order valence-corrected chi connectivity index (χ0v) is 19.4. The number of rotatable bonds is 9. The summed E-state index contributed by atoms with van der Waals surface area (Å²) in [4.78, 5) is 24.7. The second-order valence-corrected chi connectivity index (χ2v) is 8.88. The summed E-state index contributed by atoms with van der Waals surface area (Å²) in [7, 11) is 3.02. The number of hydrogen-bond acceptors (Lipinski definition) is 10. The SMILES string of the molecule is COc1cc(OC)cc(C(=O)Nc2nnc(SCC(=O)NCc3ccc4c(c3)OCO4)s2)c1.